The molecule has 0 bridgehead atoms. The number of nitrogens with zero attached hydrogens (tertiary/aromatic N) is 4. The van der Waals surface area contributed by atoms with Crippen LogP contribution < -0.4 is 15.0 Å². The number of anilines is 2. The Balaban J connectivity index is 1.26. The second-order valence-corrected chi connectivity index (χ2v) is 9.27. The van der Waals surface area contributed by atoms with Crippen LogP contribution in [0.1, 0.15) is 21.7 Å². The smallest absolute Gasteiger partial charge is 0.254 e. The lowest BCUT2D eigenvalue weighted by atomic mass is 10.1. The summed E-state index contributed by atoms with van der Waals surface area (Å²) >= 11 is 1.32. The van der Waals surface area contributed by atoms with E-state index in [9.17, 15) is 9.59 Å². The van der Waals surface area contributed by atoms with Gasteiger partial charge >= 0.3 is 0 Å². The Morgan fingerprint density at radius 3 is 2.31 bits per heavy atom. The largest absolute Gasteiger partial charge is 0.497 e. The van der Waals surface area contributed by atoms with Crippen LogP contribution in [0, 0.1) is 13.8 Å². The van der Waals surface area contributed by atoms with Crippen molar-refractivity contribution in [3.8, 4) is 5.75 Å². The van der Waals surface area contributed by atoms with Crippen LogP contribution in [0.2, 0.25) is 0 Å². The third kappa shape index (κ3) is 6.51. The number of carbonyl (C=O) groups excluding carboxylic acids is 2. The molecule has 182 valence electrons. The quantitative estimate of drug-likeness (QED) is 0.397. The fourth-order valence-corrected chi connectivity index (χ4v) is 4.70. The minimum absolute atomic E-state index is 0.0192. The van der Waals surface area contributed by atoms with E-state index in [1.165, 1.54) is 11.8 Å². The molecule has 2 aromatic carbocycles. The van der Waals surface area contributed by atoms with E-state index < -0.39 is 0 Å². The molecule has 1 aliphatic rings. The van der Waals surface area contributed by atoms with E-state index in [-0.39, 0.29) is 17.6 Å². The summed E-state index contributed by atoms with van der Waals surface area (Å²) in [4.78, 5) is 38.0. The predicted molar refractivity (Wildman–Crippen MR) is 138 cm³/mol. The van der Waals surface area contributed by atoms with Crippen molar-refractivity contribution in [1.82, 2.24) is 14.9 Å². The summed E-state index contributed by atoms with van der Waals surface area (Å²) in [6.45, 7) is 6.61. The highest BCUT2D eigenvalue weighted by atomic mass is 32.2. The summed E-state index contributed by atoms with van der Waals surface area (Å²) in [6.07, 6.45) is 0. The lowest BCUT2D eigenvalue weighted by Crippen LogP contribution is -2.48. The first-order valence-electron chi connectivity index (χ1n) is 11.4. The molecule has 1 saturated heterocycles. The maximum absolute atomic E-state index is 12.8. The van der Waals surface area contributed by atoms with E-state index in [2.05, 4.69) is 20.2 Å². The standard InChI is InChI=1S/C26H29N5O3S/c1-18-15-19(2)28-26(27-18)35-17-24(32)29-21-7-9-22(10-8-21)30-11-13-31(14-12-30)25(33)20-5-4-6-23(16-20)34-3/h4-10,15-16H,11-14,17H2,1-3H3,(H,29,32). The average molecular weight is 492 g/mol. The molecular weight excluding hydrogens is 462 g/mol. The molecule has 8 nitrogen and oxygen atoms in total. The number of ether oxygens (including phenoxy) is 1. The van der Waals surface area contributed by atoms with Crippen LogP contribution in [0.15, 0.2) is 59.8 Å². The number of benzene rings is 2. The maximum atomic E-state index is 12.8. The third-order valence-corrected chi connectivity index (χ3v) is 6.54. The van der Waals surface area contributed by atoms with Crippen molar-refractivity contribution in [3.63, 3.8) is 0 Å². The Morgan fingerprint density at radius 2 is 1.66 bits per heavy atom. The van der Waals surface area contributed by atoms with Gasteiger partial charge in [0.1, 0.15) is 5.75 Å². The molecule has 1 aliphatic heterocycles. The second-order valence-electron chi connectivity index (χ2n) is 8.33. The molecule has 0 radical (unpaired) electrons. The molecule has 3 aromatic rings. The van der Waals surface area contributed by atoms with Gasteiger partial charge in [-0.2, -0.15) is 0 Å². The minimum atomic E-state index is -0.102. The number of hydrogen-bond acceptors (Lipinski definition) is 7. The van der Waals surface area contributed by atoms with Gasteiger partial charge in [-0.3, -0.25) is 9.59 Å². The lowest BCUT2D eigenvalue weighted by Gasteiger charge is -2.36. The Bertz CT molecular complexity index is 1170. The summed E-state index contributed by atoms with van der Waals surface area (Å²) in [6, 6.07) is 17.0. The van der Waals surface area contributed by atoms with E-state index in [0.717, 1.165) is 35.9 Å². The molecule has 0 atom stereocenters. The second kappa shape index (κ2) is 11.2. The van der Waals surface area contributed by atoms with Gasteiger partial charge in [0.05, 0.1) is 12.9 Å². The number of hydrogen-bond donors (Lipinski definition) is 1. The Labute approximate surface area is 209 Å². The minimum Gasteiger partial charge on any atom is -0.497 e. The molecule has 35 heavy (non-hydrogen) atoms. The molecule has 2 amide bonds. The number of amides is 2. The summed E-state index contributed by atoms with van der Waals surface area (Å²) in [5.74, 6) is 0.841. The summed E-state index contributed by atoms with van der Waals surface area (Å²) < 4.78 is 5.23. The number of rotatable bonds is 7. The number of nitrogens with one attached hydrogen (secondary N) is 1. The maximum Gasteiger partial charge on any atom is 0.254 e. The molecule has 4 rings (SSSR count). The van der Waals surface area contributed by atoms with Crippen molar-refractivity contribution in [2.75, 3.05) is 49.3 Å². The monoisotopic (exact) mass is 491 g/mol. The first kappa shape index (κ1) is 24.5. The van der Waals surface area contributed by atoms with Gasteiger partial charge in [-0.05, 0) is 62.4 Å². The lowest BCUT2D eigenvalue weighted by molar-refractivity contribution is -0.113. The topological polar surface area (TPSA) is 87.7 Å². The zero-order valence-corrected chi connectivity index (χ0v) is 21.0. The van der Waals surface area contributed by atoms with Crippen LogP contribution >= 0.6 is 11.8 Å². The zero-order valence-electron chi connectivity index (χ0n) is 20.2. The summed E-state index contributed by atoms with van der Waals surface area (Å²) in [7, 11) is 1.60. The first-order valence-corrected chi connectivity index (χ1v) is 12.4. The molecule has 1 aromatic heterocycles. The predicted octanol–water partition coefficient (Wildman–Crippen LogP) is 3.80. The van der Waals surface area contributed by atoms with Gasteiger partial charge in [-0.1, -0.05) is 17.8 Å². The summed E-state index contributed by atoms with van der Waals surface area (Å²) in [5, 5.41) is 3.53. The Kier molecular flexibility index (Phi) is 7.87. The van der Waals surface area contributed by atoms with Gasteiger partial charge < -0.3 is 19.9 Å². The van der Waals surface area contributed by atoms with Gasteiger partial charge in [0.2, 0.25) is 5.91 Å². The van der Waals surface area contributed by atoms with Crippen LogP contribution in [0.25, 0.3) is 0 Å². The van der Waals surface area contributed by atoms with Gasteiger partial charge in [-0.25, -0.2) is 9.97 Å². The fourth-order valence-electron chi connectivity index (χ4n) is 3.95. The van der Waals surface area contributed by atoms with Gasteiger partial charge in [0.25, 0.3) is 5.91 Å². The molecule has 0 unspecified atom stereocenters. The number of aryl methyl sites for hydroxylation is 2. The van der Waals surface area contributed by atoms with Crippen LogP contribution in [0.3, 0.4) is 0 Å². The Hall–Kier alpha value is -3.59. The first-order chi connectivity index (χ1) is 16.9. The van der Waals surface area contributed by atoms with Crippen molar-refractivity contribution < 1.29 is 14.3 Å². The average Bonchev–Trinajstić information content (AvgIpc) is 2.87. The van der Waals surface area contributed by atoms with Crippen molar-refractivity contribution in [1.29, 1.82) is 0 Å². The molecule has 0 spiro atoms. The van der Waals surface area contributed by atoms with Crippen LogP contribution in [0.4, 0.5) is 11.4 Å². The molecule has 2 heterocycles. The highest BCUT2D eigenvalue weighted by Crippen LogP contribution is 2.22. The van der Waals surface area contributed by atoms with Gasteiger partial charge in [0.15, 0.2) is 5.16 Å². The third-order valence-electron chi connectivity index (χ3n) is 5.69. The van der Waals surface area contributed by atoms with Crippen molar-refractivity contribution >= 4 is 35.0 Å². The van der Waals surface area contributed by atoms with Gasteiger partial charge in [-0.15, -0.1) is 0 Å². The number of aromatic nitrogens is 2. The van der Waals surface area contributed by atoms with Gasteiger partial charge in [0, 0.05) is 54.5 Å². The van der Waals surface area contributed by atoms with Crippen molar-refractivity contribution in [3.05, 3.63) is 71.5 Å². The fraction of sp³-hybridized carbons (Fsp3) is 0.308. The van der Waals surface area contributed by atoms with Crippen molar-refractivity contribution in [2.45, 2.75) is 19.0 Å². The highest BCUT2D eigenvalue weighted by Gasteiger charge is 2.22. The molecule has 0 aliphatic carbocycles. The van der Waals surface area contributed by atoms with E-state index in [0.29, 0.717) is 29.6 Å². The van der Waals surface area contributed by atoms with Crippen LogP contribution in [-0.2, 0) is 4.79 Å². The normalized spacial score (nSPS) is 13.5. The number of methoxy groups -OCH3 is 1. The van der Waals surface area contributed by atoms with Crippen LogP contribution in [0.5, 0.6) is 5.75 Å². The highest BCUT2D eigenvalue weighted by molar-refractivity contribution is 7.99. The number of carbonyl (C=O) groups is 2. The molecule has 1 N–H and O–H groups in total. The molecule has 1 fully saturated rings. The van der Waals surface area contributed by atoms with E-state index in [1.807, 2.05) is 67.3 Å². The van der Waals surface area contributed by atoms with E-state index in [1.54, 1.807) is 13.2 Å². The number of piperazine rings is 1. The summed E-state index contributed by atoms with van der Waals surface area (Å²) in [5.41, 5.74) is 4.23. The van der Waals surface area contributed by atoms with E-state index >= 15 is 0 Å². The zero-order chi connectivity index (χ0) is 24.8. The molecule has 9 heteroatoms. The number of thioether (sulfide) groups is 1. The van der Waals surface area contributed by atoms with E-state index in [4.69, 9.17) is 4.74 Å². The molecular formula is C26H29N5O3S. The Morgan fingerprint density at radius 1 is 0.971 bits per heavy atom. The molecule has 0 saturated carbocycles. The van der Waals surface area contributed by atoms with Crippen molar-refractivity contribution in [2.24, 2.45) is 0 Å². The van der Waals surface area contributed by atoms with Crippen LogP contribution in [-0.4, -0.2) is 65.7 Å². The SMILES string of the molecule is COc1cccc(C(=O)N2CCN(c3ccc(NC(=O)CSc4nc(C)cc(C)n4)cc3)CC2)c1.